The van der Waals surface area contributed by atoms with E-state index in [1.807, 2.05) is 30.5 Å². The van der Waals surface area contributed by atoms with E-state index in [2.05, 4.69) is 68.7 Å². The average Bonchev–Trinajstić information content (AvgIpc) is 3.70. The van der Waals surface area contributed by atoms with Crippen LogP contribution in [0.2, 0.25) is 0 Å². The molecule has 3 aromatic carbocycles. The van der Waals surface area contributed by atoms with E-state index in [4.69, 9.17) is 0 Å². The summed E-state index contributed by atoms with van der Waals surface area (Å²) < 4.78 is 44.9. The van der Waals surface area contributed by atoms with E-state index >= 15 is 0 Å². The Morgan fingerprint density at radius 3 is 2.53 bits per heavy atom. The number of aryl methyl sites for hydroxylation is 2. The van der Waals surface area contributed by atoms with Crippen molar-refractivity contribution in [3.8, 4) is 28.5 Å². The molecule has 2 amide bonds. The number of urea groups is 1. The molecule has 2 aromatic heterocycles. The molecule has 2 heterocycles. The quantitative estimate of drug-likeness (QED) is 0.215. The van der Waals surface area contributed by atoms with Crippen molar-refractivity contribution >= 4 is 17.4 Å². The van der Waals surface area contributed by atoms with Crippen molar-refractivity contribution < 1.29 is 22.7 Å². The Balaban J connectivity index is 1.16. The van der Waals surface area contributed by atoms with Crippen LogP contribution in [0.4, 0.5) is 18.0 Å². The van der Waals surface area contributed by atoms with E-state index in [-0.39, 0.29) is 17.8 Å². The monoisotopic (exact) mass is 632 g/mol. The van der Waals surface area contributed by atoms with Crippen LogP contribution in [0.25, 0.3) is 22.8 Å². The van der Waals surface area contributed by atoms with Gasteiger partial charge in [-0.1, -0.05) is 38.1 Å². The fraction of sp³-hybridized carbons (Fsp3) is 0.273. The van der Waals surface area contributed by atoms with Gasteiger partial charge in [0, 0.05) is 22.7 Å². The molecular formula is C33H31F3N6O2S. The number of nitrogens with zero attached hydrogens (tertiary/aromatic N) is 5. The number of hydrogen-bond acceptors (Lipinski definition) is 5. The van der Waals surface area contributed by atoms with Gasteiger partial charge in [0.15, 0.2) is 10.6 Å². The summed E-state index contributed by atoms with van der Waals surface area (Å²) in [6.07, 6.45) is -1.92. The van der Waals surface area contributed by atoms with E-state index < -0.39 is 6.36 Å². The summed E-state index contributed by atoms with van der Waals surface area (Å²) in [5.74, 6) is 0.481. The molecular weight excluding hydrogens is 601 g/mol. The maximum atomic E-state index is 13.1. The van der Waals surface area contributed by atoms with Gasteiger partial charge in [0.1, 0.15) is 12.1 Å². The van der Waals surface area contributed by atoms with Crippen LogP contribution in [0.3, 0.4) is 0 Å². The first-order valence-electron chi connectivity index (χ1n) is 14.5. The third-order valence-electron chi connectivity index (χ3n) is 7.68. The predicted molar refractivity (Wildman–Crippen MR) is 166 cm³/mol. The normalized spacial score (nSPS) is 15.0. The van der Waals surface area contributed by atoms with E-state index in [9.17, 15) is 18.0 Å². The van der Waals surface area contributed by atoms with E-state index in [0.29, 0.717) is 35.1 Å². The van der Waals surface area contributed by atoms with Crippen molar-refractivity contribution in [1.29, 1.82) is 0 Å². The molecule has 45 heavy (non-hydrogen) atoms. The van der Waals surface area contributed by atoms with Crippen LogP contribution < -0.4 is 14.9 Å². The minimum Gasteiger partial charge on any atom is -0.406 e. The van der Waals surface area contributed by atoms with Crippen molar-refractivity contribution in [1.82, 2.24) is 24.6 Å². The summed E-state index contributed by atoms with van der Waals surface area (Å²) in [4.78, 5) is 22.6. The zero-order valence-electron chi connectivity index (χ0n) is 25.1. The molecule has 1 aliphatic rings. The molecule has 1 unspecified atom stereocenters. The molecule has 1 atom stereocenters. The maximum Gasteiger partial charge on any atom is 0.573 e. The number of amides is 2. The molecule has 0 saturated heterocycles. The zero-order chi connectivity index (χ0) is 31.9. The van der Waals surface area contributed by atoms with Crippen molar-refractivity contribution in [3.63, 3.8) is 0 Å². The highest BCUT2D eigenvalue weighted by Gasteiger charge is 2.31. The molecule has 1 aliphatic carbocycles. The molecule has 0 spiro atoms. The van der Waals surface area contributed by atoms with Crippen LogP contribution in [-0.2, 0) is 12.8 Å². The lowest BCUT2D eigenvalue weighted by Crippen LogP contribution is -2.34. The van der Waals surface area contributed by atoms with E-state index in [1.165, 1.54) is 52.2 Å². The Kier molecular flexibility index (Phi) is 8.08. The number of thiazole rings is 1. The highest BCUT2D eigenvalue weighted by atomic mass is 32.1. The molecule has 0 saturated carbocycles. The van der Waals surface area contributed by atoms with Gasteiger partial charge < -0.3 is 10.1 Å². The molecule has 5 aromatic rings. The standard InChI is InChI=1S/C33H31F3N6O2S/c1-19(2)28-12-5-20(3)13-29(28)42-21(4)17-45-32(42)39-31(43)38-25-15-22-6-7-23(14-24(22)16-25)30-37-18-41(40-30)26-8-10-27(11-9-26)44-33(34,35)36/h5-14,17-19,25H,15-16H2,1-4H3,(H,38,43). The van der Waals surface area contributed by atoms with Crippen molar-refractivity contribution in [2.75, 3.05) is 0 Å². The first-order valence-corrected chi connectivity index (χ1v) is 15.3. The van der Waals surface area contributed by atoms with Gasteiger partial charge in [0.2, 0.25) is 0 Å². The number of hydrogen-bond donors (Lipinski definition) is 1. The first-order chi connectivity index (χ1) is 21.4. The number of rotatable bonds is 6. The third kappa shape index (κ3) is 6.70. The van der Waals surface area contributed by atoms with Gasteiger partial charge in [-0.25, -0.2) is 14.5 Å². The van der Waals surface area contributed by atoms with Crippen LogP contribution >= 0.6 is 11.3 Å². The summed E-state index contributed by atoms with van der Waals surface area (Å²) in [7, 11) is 0. The molecule has 12 heteroatoms. The van der Waals surface area contributed by atoms with Gasteiger partial charge in [-0.2, -0.15) is 4.99 Å². The lowest BCUT2D eigenvalue weighted by atomic mass is 9.99. The number of carbonyl (C=O) groups excluding carboxylic acids is 1. The largest absolute Gasteiger partial charge is 0.573 e. The number of ether oxygens (including phenoxy) is 1. The number of benzene rings is 3. The number of nitrogens with one attached hydrogen (secondary N) is 1. The number of alkyl halides is 3. The second kappa shape index (κ2) is 12.0. The second-order valence-corrected chi connectivity index (χ2v) is 12.3. The molecule has 1 N–H and O–H groups in total. The van der Waals surface area contributed by atoms with Gasteiger partial charge >= 0.3 is 12.4 Å². The summed E-state index contributed by atoms with van der Waals surface area (Å²) >= 11 is 1.44. The number of fused-ring (bicyclic) bond motifs is 1. The van der Waals surface area contributed by atoms with E-state index in [0.717, 1.165) is 33.6 Å². The van der Waals surface area contributed by atoms with Gasteiger partial charge in [-0.3, -0.25) is 4.57 Å². The Morgan fingerprint density at radius 1 is 1.04 bits per heavy atom. The molecule has 232 valence electrons. The minimum absolute atomic E-state index is 0.103. The zero-order valence-corrected chi connectivity index (χ0v) is 25.9. The summed E-state index contributed by atoms with van der Waals surface area (Å²) in [5.41, 5.74) is 7.96. The van der Waals surface area contributed by atoms with Crippen molar-refractivity contribution in [2.45, 2.75) is 58.9 Å². The Bertz CT molecular complexity index is 1940. The molecule has 8 nitrogen and oxygen atoms in total. The van der Waals surface area contributed by atoms with Gasteiger partial charge in [-0.05, 0) is 91.3 Å². The third-order valence-corrected chi connectivity index (χ3v) is 8.62. The molecule has 6 rings (SSSR count). The van der Waals surface area contributed by atoms with Crippen LogP contribution in [0.5, 0.6) is 5.75 Å². The molecule has 0 radical (unpaired) electrons. The van der Waals surface area contributed by atoms with Crippen LogP contribution in [0.1, 0.15) is 47.7 Å². The fourth-order valence-electron chi connectivity index (χ4n) is 5.57. The Labute approximate surface area is 261 Å². The van der Waals surface area contributed by atoms with Crippen LogP contribution in [0.15, 0.2) is 77.4 Å². The van der Waals surface area contributed by atoms with Crippen LogP contribution in [-0.4, -0.2) is 37.8 Å². The smallest absolute Gasteiger partial charge is 0.406 e. The fourth-order valence-corrected chi connectivity index (χ4v) is 6.44. The highest BCUT2D eigenvalue weighted by Crippen LogP contribution is 2.29. The SMILES string of the molecule is Cc1ccc(C(C)C)c(-n2c(C)csc2=NC(=O)NC2Cc3ccc(-c4ncn(-c5ccc(OC(F)(F)F)cc5)n4)cc3C2)c1. The van der Waals surface area contributed by atoms with Gasteiger partial charge in [0.05, 0.1) is 11.4 Å². The molecule has 0 fully saturated rings. The molecule has 0 aliphatic heterocycles. The minimum atomic E-state index is -4.75. The average molecular weight is 633 g/mol. The number of carbonyl (C=O) groups is 1. The first kappa shape index (κ1) is 30.3. The topological polar surface area (TPSA) is 86.3 Å². The summed E-state index contributed by atoms with van der Waals surface area (Å²) in [6.45, 7) is 8.39. The van der Waals surface area contributed by atoms with Gasteiger partial charge in [0.25, 0.3) is 0 Å². The number of aromatic nitrogens is 4. The van der Waals surface area contributed by atoms with Crippen molar-refractivity contribution in [2.24, 2.45) is 4.99 Å². The maximum absolute atomic E-state index is 13.1. The number of halogens is 3. The lowest BCUT2D eigenvalue weighted by Gasteiger charge is -2.16. The Hall–Kier alpha value is -4.71. The second-order valence-electron chi connectivity index (χ2n) is 11.4. The van der Waals surface area contributed by atoms with Crippen molar-refractivity contribution in [3.05, 3.63) is 105 Å². The van der Waals surface area contributed by atoms with Gasteiger partial charge in [-0.15, -0.1) is 29.6 Å². The summed E-state index contributed by atoms with van der Waals surface area (Å²) in [6, 6.07) is 17.3. The molecule has 0 bridgehead atoms. The highest BCUT2D eigenvalue weighted by molar-refractivity contribution is 7.07. The van der Waals surface area contributed by atoms with E-state index in [1.54, 1.807) is 0 Å². The van der Waals surface area contributed by atoms with Crippen LogP contribution in [0, 0.1) is 13.8 Å². The Morgan fingerprint density at radius 2 is 1.80 bits per heavy atom. The lowest BCUT2D eigenvalue weighted by molar-refractivity contribution is -0.274. The predicted octanol–water partition coefficient (Wildman–Crippen LogP) is 7.20. The summed E-state index contributed by atoms with van der Waals surface area (Å²) in [5, 5.41) is 9.61.